The Labute approximate surface area is 151 Å². The molecule has 1 saturated heterocycles. The number of benzene rings is 2. The van der Waals surface area contributed by atoms with Crippen LogP contribution in [0.1, 0.15) is 30.5 Å². The molecule has 2 unspecified atom stereocenters. The quantitative estimate of drug-likeness (QED) is 0.898. The van der Waals surface area contributed by atoms with Gasteiger partial charge >= 0.3 is 6.03 Å². The standard InChI is InChI=1S/C19H19ClN2O3/c1-19-10-15(13-7-5-9-16(24-2)17(13)25-19)21-18(23)22(19)11-12-6-3-4-8-14(12)20/h3-9,15H,10-11H2,1-2H3,(H,21,23). The van der Waals surface area contributed by atoms with Gasteiger partial charge in [-0.3, -0.25) is 4.90 Å². The molecule has 1 N–H and O–H groups in total. The van der Waals surface area contributed by atoms with Crippen molar-refractivity contribution >= 4 is 17.6 Å². The van der Waals surface area contributed by atoms with Crippen molar-refractivity contribution in [3.8, 4) is 11.5 Å². The van der Waals surface area contributed by atoms with E-state index in [0.717, 1.165) is 11.1 Å². The van der Waals surface area contributed by atoms with Gasteiger partial charge in [0, 0.05) is 17.0 Å². The molecule has 2 aliphatic heterocycles. The zero-order valence-electron chi connectivity index (χ0n) is 14.1. The lowest BCUT2D eigenvalue weighted by Crippen LogP contribution is -2.64. The molecule has 6 heteroatoms. The molecule has 0 aliphatic carbocycles. The molecular formula is C19H19ClN2O3. The van der Waals surface area contributed by atoms with Gasteiger partial charge in [-0.1, -0.05) is 41.9 Å². The van der Waals surface area contributed by atoms with Gasteiger partial charge in [0.1, 0.15) is 0 Å². The molecule has 2 aromatic rings. The van der Waals surface area contributed by atoms with Crippen molar-refractivity contribution in [3.05, 3.63) is 58.6 Å². The van der Waals surface area contributed by atoms with Crippen LogP contribution in [0.3, 0.4) is 0 Å². The maximum absolute atomic E-state index is 12.8. The molecule has 1 fully saturated rings. The predicted octanol–water partition coefficient (Wildman–Crippen LogP) is 4.11. The zero-order valence-corrected chi connectivity index (χ0v) is 14.8. The number of urea groups is 1. The van der Waals surface area contributed by atoms with Crippen molar-refractivity contribution in [1.82, 2.24) is 10.2 Å². The number of nitrogens with one attached hydrogen (secondary N) is 1. The van der Waals surface area contributed by atoms with Crippen molar-refractivity contribution in [2.24, 2.45) is 0 Å². The highest BCUT2D eigenvalue weighted by atomic mass is 35.5. The summed E-state index contributed by atoms with van der Waals surface area (Å²) in [5.74, 6) is 1.36. The van der Waals surface area contributed by atoms with Gasteiger partial charge in [0.15, 0.2) is 17.2 Å². The van der Waals surface area contributed by atoms with Crippen LogP contribution in [0, 0.1) is 0 Å². The third kappa shape index (κ3) is 2.59. The average molecular weight is 359 g/mol. The van der Waals surface area contributed by atoms with E-state index in [9.17, 15) is 4.79 Å². The van der Waals surface area contributed by atoms with Crippen LogP contribution in [0.4, 0.5) is 4.79 Å². The normalized spacial score (nSPS) is 24.2. The van der Waals surface area contributed by atoms with E-state index in [1.54, 1.807) is 12.0 Å². The van der Waals surface area contributed by atoms with Gasteiger partial charge in [0.2, 0.25) is 0 Å². The highest BCUT2D eigenvalue weighted by molar-refractivity contribution is 6.31. The number of hydrogen-bond donors (Lipinski definition) is 1. The summed E-state index contributed by atoms with van der Waals surface area (Å²) >= 11 is 6.28. The number of carbonyl (C=O) groups is 1. The van der Waals surface area contributed by atoms with Gasteiger partial charge in [-0.05, 0) is 24.6 Å². The van der Waals surface area contributed by atoms with E-state index >= 15 is 0 Å². The summed E-state index contributed by atoms with van der Waals surface area (Å²) in [6, 6.07) is 13.0. The molecule has 2 atom stereocenters. The summed E-state index contributed by atoms with van der Waals surface area (Å²) in [6.07, 6.45) is 0.656. The summed E-state index contributed by atoms with van der Waals surface area (Å²) < 4.78 is 11.7. The molecule has 0 aromatic heterocycles. The second kappa shape index (κ2) is 5.85. The number of para-hydroxylation sites is 1. The minimum absolute atomic E-state index is 0.0983. The Bertz CT molecular complexity index is 841. The van der Waals surface area contributed by atoms with Gasteiger partial charge in [0.25, 0.3) is 0 Å². The van der Waals surface area contributed by atoms with Crippen LogP contribution in [0.15, 0.2) is 42.5 Å². The monoisotopic (exact) mass is 358 g/mol. The van der Waals surface area contributed by atoms with Crippen molar-refractivity contribution in [2.45, 2.75) is 31.7 Å². The highest BCUT2D eigenvalue weighted by Crippen LogP contribution is 2.48. The van der Waals surface area contributed by atoms with Gasteiger partial charge in [0.05, 0.1) is 19.7 Å². The number of nitrogens with zero attached hydrogens (tertiary/aromatic N) is 1. The van der Waals surface area contributed by atoms with Gasteiger partial charge in [-0.25, -0.2) is 4.79 Å². The summed E-state index contributed by atoms with van der Waals surface area (Å²) in [6.45, 7) is 2.31. The molecule has 2 aliphatic rings. The first-order chi connectivity index (χ1) is 12.0. The first-order valence-corrected chi connectivity index (χ1v) is 8.57. The first kappa shape index (κ1) is 16.1. The zero-order chi connectivity index (χ0) is 17.6. The first-order valence-electron chi connectivity index (χ1n) is 8.19. The topological polar surface area (TPSA) is 50.8 Å². The number of amides is 2. The van der Waals surface area contributed by atoms with E-state index < -0.39 is 5.72 Å². The number of hydrogen-bond acceptors (Lipinski definition) is 3. The summed E-state index contributed by atoms with van der Waals surface area (Å²) in [5, 5.41) is 3.71. The van der Waals surface area contributed by atoms with E-state index in [1.165, 1.54) is 0 Å². The number of carbonyl (C=O) groups excluding carboxylic acids is 1. The lowest BCUT2D eigenvalue weighted by atomic mass is 9.90. The molecule has 25 heavy (non-hydrogen) atoms. The molecule has 130 valence electrons. The Hall–Kier alpha value is -2.40. The van der Waals surface area contributed by atoms with Crippen molar-refractivity contribution in [1.29, 1.82) is 0 Å². The minimum atomic E-state index is -0.770. The molecule has 5 nitrogen and oxygen atoms in total. The predicted molar refractivity (Wildman–Crippen MR) is 94.9 cm³/mol. The van der Waals surface area contributed by atoms with Gasteiger partial charge < -0.3 is 14.8 Å². The molecule has 2 heterocycles. The molecule has 0 radical (unpaired) electrons. The molecule has 2 aromatic carbocycles. The van der Waals surface area contributed by atoms with Crippen molar-refractivity contribution in [2.75, 3.05) is 7.11 Å². The molecule has 0 saturated carbocycles. The molecule has 2 amide bonds. The van der Waals surface area contributed by atoms with Crippen LogP contribution in [0.5, 0.6) is 11.5 Å². The van der Waals surface area contributed by atoms with E-state index in [4.69, 9.17) is 21.1 Å². The maximum Gasteiger partial charge on any atom is 0.321 e. The average Bonchev–Trinajstić information content (AvgIpc) is 2.59. The number of halogens is 1. The Morgan fingerprint density at radius 1 is 1.32 bits per heavy atom. The lowest BCUT2D eigenvalue weighted by Gasteiger charge is -2.51. The summed E-state index contributed by atoms with van der Waals surface area (Å²) in [4.78, 5) is 14.4. The van der Waals surface area contributed by atoms with Gasteiger partial charge in [-0.15, -0.1) is 0 Å². The van der Waals surface area contributed by atoms with E-state index in [-0.39, 0.29) is 12.1 Å². The Morgan fingerprint density at radius 2 is 2.12 bits per heavy atom. The fraction of sp³-hybridized carbons (Fsp3) is 0.316. The maximum atomic E-state index is 12.8. The van der Waals surface area contributed by atoms with E-state index in [2.05, 4.69) is 5.32 Å². The summed E-state index contributed by atoms with van der Waals surface area (Å²) in [7, 11) is 1.62. The molecular weight excluding hydrogens is 340 g/mol. The van der Waals surface area contributed by atoms with E-state index in [1.807, 2.05) is 49.4 Å². The fourth-order valence-corrected chi connectivity index (χ4v) is 3.79. The third-order valence-corrected chi connectivity index (χ3v) is 5.28. The Balaban J connectivity index is 1.73. The molecule has 0 spiro atoms. The number of ether oxygens (including phenoxy) is 2. The van der Waals surface area contributed by atoms with Crippen LogP contribution in [0.25, 0.3) is 0 Å². The van der Waals surface area contributed by atoms with E-state index in [0.29, 0.717) is 29.5 Å². The van der Waals surface area contributed by atoms with Crippen LogP contribution in [-0.2, 0) is 6.54 Å². The van der Waals surface area contributed by atoms with Gasteiger partial charge in [-0.2, -0.15) is 0 Å². The summed E-state index contributed by atoms with van der Waals surface area (Å²) in [5.41, 5.74) is 1.06. The number of fused-ring (bicyclic) bond motifs is 4. The minimum Gasteiger partial charge on any atom is -0.493 e. The van der Waals surface area contributed by atoms with Crippen LogP contribution < -0.4 is 14.8 Å². The van der Waals surface area contributed by atoms with Crippen LogP contribution in [-0.4, -0.2) is 23.8 Å². The van der Waals surface area contributed by atoms with Crippen molar-refractivity contribution < 1.29 is 14.3 Å². The molecule has 4 rings (SSSR count). The SMILES string of the molecule is COc1cccc2c1OC1(C)CC2NC(=O)N1Cc1ccccc1Cl. The fourth-order valence-electron chi connectivity index (χ4n) is 3.60. The molecule has 2 bridgehead atoms. The second-order valence-corrected chi connectivity index (χ2v) is 6.95. The Morgan fingerprint density at radius 3 is 2.88 bits per heavy atom. The second-order valence-electron chi connectivity index (χ2n) is 6.54. The smallest absolute Gasteiger partial charge is 0.321 e. The number of rotatable bonds is 3. The number of methoxy groups -OCH3 is 1. The lowest BCUT2D eigenvalue weighted by molar-refractivity contribution is -0.0891. The van der Waals surface area contributed by atoms with Crippen molar-refractivity contribution in [3.63, 3.8) is 0 Å². The largest absolute Gasteiger partial charge is 0.493 e. The third-order valence-electron chi connectivity index (χ3n) is 4.91. The highest BCUT2D eigenvalue weighted by Gasteiger charge is 2.49. The Kier molecular flexibility index (Phi) is 3.76. The van der Waals surface area contributed by atoms with Crippen LogP contribution >= 0.6 is 11.6 Å². The van der Waals surface area contributed by atoms with Crippen LogP contribution in [0.2, 0.25) is 5.02 Å².